The first-order valence-electron chi connectivity index (χ1n) is 11.9. The van der Waals surface area contributed by atoms with Crippen molar-refractivity contribution in [1.29, 1.82) is 0 Å². The predicted octanol–water partition coefficient (Wildman–Crippen LogP) is 3.00. The van der Waals surface area contributed by atoms with Crippen molar-refractivity contribution in [2.45, 2.75) is 19.8 Å². The largest absolute Gasteiger partial charge is 0.493 e. The van der Waals surface area contributed by atoms with E-state index in [4.69, 9.17) is 9.47 Å². The molecule has 0 atom stereocenters. The molecule has 1 N–H and O–H groups in total. The van der Waals surface area contributed by atoms with Gasteiger partial charge in [0.2, 0.25) is 5.91 Å². The van der Waals surface area contributed by atoms with Crippen LogP contribution in [0.4, 0.5) is 10.5 Å². The number of hydrogen-bond acceptors (Lipinski definition) is 6. The minimum atomic E-state index is -0.420. The van der Waals surface area contributed by atoms with Gasteiger partial charge in [-0.25, -0.2) is 9.69 Å². The molecular formula is C26H34N4O5. The Bertz CT molecular complexity index is 1010. The summed E-state index contributed by atoms with van der Waals surface area (Å²) in [4.78, 5) is 43.9. The number of benzene rings is 2. The van der Waals surface area contributed by atoms with Crippen LogP contribution in [-0.4, -0.2) is 81.1 Å². The number of carbonyl (C=O) groups excluding carboxylic acids is 3. The van der Waals surface area contributed by atoms with Gasteiger partial charge in [-0.3, -0.25) is 14.5 Å². The van der Waals surface area contributed by atoms with E-state index in [1.165, 1.54) is 12.0 Å². The van der Waals surface area contributed by atoms with Crippen LogP contribution in [0.15, 0.2) is 48.5 Å². The number of imide groups is 1. The fraction of sp³-hybridized carbons (Fsp3) is 0.423. The summed E-state index contributed by atoms with van der Waals surface area (Å²) in [6.07, 6.45) is 1.80. The number of methoxy groups -OCH3 is 2. The fourth-order valence-electron chi connectivity index (χ4n) is 3.93. The molecule has 0 aliphatic carbocycles. The van der Waals surface area contributed by atoms with Gasteiger partial charge in [-0.2, -0.15) is 0 Å². The summed E-state index contributed by atoms with van der Waals surface area (Å²) < 4.78 is 10.5. The molecular weight excluding hydrogens is 448 g/mol. The Morgan fingerprint density at radius 2 is 1.63 bits per heavy atom. The van der Waals surface area contributed by atoms with Crippen LogP contribution >= 0.6 is 0 Å². The van der Waals surface area contributed by atoms with Crippen LogP contribution in [0.3, 0.4) is 0 Å². The van der Waals surface area contributed by atoms with Crippen LogP contribution in [0.1, 0.15) is 30.1 Å². The van der Waals surface area contributed by atoms with Crippen molar-refractivity contribution < 1.29 is 23.9 Å². The highest BCUT2D eigenvalue weighted by molar-refractivity contribution is 6.14. The molecule has 4 amide bonds. The number of para-hydroxylation sites is 1. The summed E-state index contributed by atoms with van der Waals surface area (Å²) in [5.41, 5.74) is 1.06. The van der Waals surface area contributed by atoms with Crippen LogP contribution < -0.4 is 19.7 Å². The van der Waals surface area contributed by atoms with E-state index in [1.807, 2.05) is 17.9 Å². The average Bonchev–Trinajstić information content (AvgIpc) is 2.89. The number of unbranched alkanes of at least 4 members (excludes halogenated alkanes) is 1. The quantitative estimate of drug-likeness (QED) is 0.553. The summed E-state index contributed by atoms with van der Waals surface area (Å²) in [6.45, 7) is 4.68. The van der Waals surface area contributed by atoms with E-state index in [9.17, 15) is 14.4 Å². The highest BCUT2D eigenvalue weighted by atomic mass is 16.5. The molecule has 1 saturated heterocycles. The van der Waals surface area contributed by atoms with Gasteiger partial charge in [0.25, 0.3) is 5.91 Å². The molecule has 1 fully saturated rings. The van der Waals surface area contributed by atoms with E-state index >= 15 is 0 Å². The van der Waals surface area contributed by atoms with Crippen molar-refractivity contribution in [2.24, 2.45) is 0 Å². The molecule has 0 radical (unpaired) electrons. The van der Waals surface area contributed by atoms with Crippen molar-refractivity contribution in [1.82, 2.24) is 15.1 Å². The normalized spacial score (nSPS) is 13.7. The van der Waals surface area contributed by atoms with Crippen molar-refractivity contribution in [3.8, 4) is 11.5 Å². The molecule has 9 nitrogen and oxygen atoms in total. The Balaban J connectivity index is 1.60. The zero-order valence-corrected chi connectivity index (χ0v) is 20.7. The second-order valence-corrected chi connectivity index (χ2v) is 8.29. The smallest absolute Gasteiger partial charge is 0.328 e. The van der Waals surface area contributed by atoms with Gasteiger partial charge in [0.15, 0.2) is 11.5 Å². The molecule has 0 saturated carbocycles. The molecule has 188 valence electrons. The number of rotatable bonds is 9. The molecule has 1 aliphatic heterocycles. The first kappa shape index (κ1) is 26.0. The third-order valence-corrected chi connectivity index (χ3v) is 5.92. The zero-order chi connectivity index (χ0) is 25.2. The monoisotopic (exact) mass is 482 g/mol. The third kappa shape index (κ3) is 6.73. The van der Waals surface area contributed by atoms with Gasteiger partial charge in [-0.05, 0) is 36.8 Å². The Kier molecular flexibility index (Phi) is 9.48. The topological polar surface area (TPSA) is 91.4 Å². The highest BCUT2D eigenvalue weighted by Crippen LogP contribution is 2.28. The Morgan fingerprint density at radius 1 is 0.943 bits per heavy atom. The predicted molar refractivity (Wildman–Crippen MR) is 134 cm³/mol. The van der Waals surface area contributed by atoms with E-state index in [1.54, 1.807) is 54.5 Å². The molecule has 0 unspecified atom stereocenters. The Hall–Kier alpha value is -3.59. The molecule has 0 spiro atoms. The van der Waals surface area contributed by atoms with Gasteiger partial charge in [-0.15, -0.1) is 0 Å². The van der Waals surface area contributed by atoms with Crippen LogP contribution in [0, 0.1) is 0 Å². The number of urea groups is 1. The van der Waals surface area contributed by atoms with E-state index in [0.29, 0.717) is 55.5 Å². The summed E-state index contributed by atoms with van der Waals surface area (Å²) in [5, 5.41) is 2.83. The number of anilines is 1. The summed E-state index contributed by atoms with van der Waals surface area (Å²) in [6, 6.07) is 13.6. The highest BCUT2D eigenvalue weighted by Gasteiger charge is 2.28. The van der Waals surface area contributed by atoms with Crippen LogP contribution in [-0.2, 0) is 4.79 Å². The van der Waals surface area contributed by atoms with Gasteiger partial charge in [-0.1, -0.05) is 31.5 Å². The minimum absolute atomic E-state index is 0.0917. The average molecular weight is 483 g/mol. The number of nitrogens with zero attached hydrogens (tertiary/aromatic N) is 3. The van der Waals surface area contributed by atoms with Crippen LogP contribution in [0.5, 0.6) is 11.5 Å². The Morgan fingerprint density at radius 3 is 2.26 bits per heavy atom. The molecule has 1 aliphatic rings. The van der Waals surface area contributed by atoms with Crippen LogP contribution in [0.2, 0.25) is 0 Å². The molecule has 2 aromatic rings. The van der Waals surface area contributed by atoms with E-state index in [0.717, 1.165) is 12.8 Å². The lowest BCUT2D eigenvalue weighted by atomic mass is 10.1. The van der Waals surface area contributed by atoms with E-state index < -0.39 is 6.03 Å². The fourth-order valence-corrected chi connectivity index (χ4v) is 3.93. The van der Waals surface area contributed by atoms with E-state index in [-0.39, 0.29) is 18.4 Å². The number of carbonyl (C=O) groups is 3. The van der Waals surface area contributed by atoms with Crippen molar-refractivity contribution >= 4 is 23.5 Å². The number of ether oxygens (including phenoxy) is 2. The lowest BCUT2D eigenvalue weighted by Gasteiger charge is -2.35. The molecule has 0 aromatic heterocycles. The number of amides is 4. The number of hydrogen-bond donors (Lipinski definition) is 1. The van der Waals surface area contributed by atoms with E-state index in [2.05, 4.69) is 5.32 Å². The van der Waals surface area contributed by atoms with Crippen molar-refractivity contribution in [2.75, 3.05) is 58.4 Å². The van der Waals surface area contributed by atoms with Crippen molar-refractivity contribution in [3.05, 3.63) is 54.1 Å². The lowest BCUT2D eigenvalue weighted by molar-refractivity contribution is -0.119. The first-order chi connectivity index (χ1) is 17.0. The number of nitrogens with one attached hydrogen (secondary N) is 1. The SMILES string of the molecule is CCCCNC(=O)N(C(=O)CN1CCN(C(=O)c2ccc(OC)c(OC)c2)CC1)c1ccccc1. The maximum atomic E-state index is 13.2. The molecule has 9 heteroatoms. The first-order valence-corrected chi connectivity index (χ1v) is 11.9. The second-order valence-electron chi connectivity index (χ2n) is 8.29. The minimum Gasteiger partial charge on any atom is -0.493 e. The third-order valence-electron chi connectivity index (χ3n) is 5.92. The van der Waals surface area contributed by atoms with Gasteiger partial charge >= 0.3 is 6.03 Å². The number of piperazine rings is 1. The van der Waals surface area contributed by atoms with Crippen molar-refractivity contribution in [3.63, 3.8) is 0 Å². The molecule has 2 aromatic carbocycles. The maximum absolute atomic E-state index is 13.2. The summed E-state index contributed by atoms with van der Waals surface area (Å²) in [5.74, 6) is 0.665. The standard InChI is InChI=1S/C26H34N4O5/c1-4-5-13-27-26(33)30(21-9-7-6-8-10-21)24(31)19-28-14-16-29(17-15-28)25(32)20-11-12-22(34-2)23(18-20)35-3/h6-12,18H,4-5,13-17,19H2,1-3H3,(H,27,33). The second kappa shape index (κ2) is 12.8. The molecule has 1 heterocycles. The molecule has 3 rings (SSSR count). The van der Waals surface area contributed by atoms with Gasteiger partial charge in [0, 0.05) is 38.3 Å². The summed E-state index contributed by atoms with van der Waals surface area (Å²) in [7, 11) is 3.08. The van der Waals surface area contributed by atoms with Gasteiger partial charge < -0.3 is 19.7 Å². The van der Waals surface area contributed by atoms with Gasteiger partial charge in [0.05, 0.1) is 26.5 Å². The Labute approximate surface area is 206 Å². The summed E-state index contributed by atoms with van der Waals surface area (Å²) >= 11 is 0. The van der Waals surface area contributed by atoms with Crippen LogP contribution in [0.25, 0.3) is 0 Å². The van der Waals surface area contributed by atoms with Gasteiger partial charge in [0.1, 0.15) is 0 Å². The maximum Gasteiger partial charge on any atom is 0.328 e. The molecule has 35 heavy (non-hydrogen) atoms. The zero-order valence-electron chi connectivity index (χ0n) is 20.7. The lowest BCUT2D eigenvalue weighted by Crippen LogP contribution is -2.53. The molecule has 0 bridgehead atoms.